The van der Waals surface area contributed by atoms with Crippen molar-refractivity contribution in [3.8, 4) is 22.3 Å². The Bertz CT molecular complexity index is 3410. The molecule has 2 heteroatoms. The minimum atomic E-state index is -0.104. The van der Waals surface area contributed by atoms with E-state index in [0.29, 0.717) is 0 Å². The average molecular weight is 728 g/mol. The van der Waals surface area contributed by atoms with Crippen LogP contribution in [0.3, 0.4) is 0 Å². The van der Waals surface area contributed by atoms with Crippen molar-refractivity contribution in [1.29, 1.82) is 0 Å². The fourth-order valence-electron chi connectivity index (χ4n) is 9.91. The van der Waals surface area contributed by atoms with E-state index in [4.69, 9.17) is 4.42 Å². The summed E-state index contributed by atoms with van der Waals surface area (Å²) in [5.41, 5.74) is 12.6. The summed E-state index contributed by atoms with van der Waals surface area (Å²) < 4.78 is 7.10. The van der Waals surface area contributed by atoms with Gasteiger partial charge in [-0.25, -0.2) is 0 Å². The Morgan fingerprint density at radius 2 is 0.965 bits per heavy atom. The highest BCUT2D eigenvalue weighted by molar-refractivity contribution is 6.27. The van der Waals surface area contributed by atoms with Crippen LogP contribution in [-0.4, -0.2) is 0 Å². The van der Waals surface area contributed by atoms with Crippen LogP contribution in [0.15, 0.2) is 192 Å². The molecule has 1 aliphatic rings. The summed E-state index contributed by atoms with van der Waals surface area (Å²) in [7, 11) is 0. The quantitative estimate of drug-likeness (QED) is 0.168. The molecule has 1 aromatic heterocycles. The van der Waals surface area contributed by atoms with Crippen molar-refractivity contribution in [1.82, 2.24) is 0 Å². The van der Waals surface area contributed by atoms with Crippen LogP contribution in [0.25, 0.3) is 87.3 Å². The van der Waals surface area contributed by atoms with Crippen molar-refractivity contribution in [3.05, 3.63) is 199 Å². The van der Waals surface area contributed by atoms with Gasteiger partial charge in [0.05, 0.1) is 0 Å². The van der Waals surface area contributed by atoms with E-state index in [0.717, 1.165) is 50.1 Å². The molecule has 268 valence electrons. The van der Waals surface area contributed by atoms with Gasteiger partial charge in [-0.05, 0) is 119 Å². The van der Waals surface area contributed by atoms with Crippen molar-refractivity contribution in [2.24, 2.45) is 0 Å². The molecule has 0 atom stereocenters. The molecule has 0 aliphatic heterocycles. The van der Waals surface area contributed by atoms with Gasteiger partial charge in [-0.2, -0.15) is 0 Å². The number of fused-ring (bicyclic) bond motifs is 13. The molecule has 0 fully saturated rings. The molecular formula is C55H37NO. The second-order valence-electron chi connectivity index (χ2n) is 16.1. The first kappa shape index (κ1) is 32.1. The Hall–Kier alpha value is -7.16. The lowest BCUT2D eigenvalue weighted by Crippen LogP contribution is -2.16. The zero-order valence-electron chi connectivity index (χ0n) is 31.8. The van der Waals surface area contributed by atoms with Crippen molar-refractivity contribution < 1.29 is 4.42 Å². The average Bonchev–Trinajstić information content (AvgIpc) is 3.73. The van der Waals surface area contributed by atoms with Crippen LogP contribution in [0.2, 0.25) is 0 Å². The second kappa shape index (κ2) is 11.9. The predicted molar refractivity (Wildman–Crippen MR) is 241 cm³/mol. The fraction of sp³-hybridized carbons (Fsp3) is 0.0545. The second-order valence-corrected chi connectivity index (χ2v) is 16.1. The number of anilines is 3. The van der Waals surface area contributed by atoms with Gasteiger partial charge in [-0.1, -0.05) is 147 Å². The Morgan fingerprint density at radius 1 is 0.386 bits per heavy atom. The van der Waals surface area contributed by atoms with Crippen LogP contribution < -0.4 is 4.90 Å². The van der Waals surface area contributed by atoms with E-state index in [1.54, 1.807) is 0 Å². The van der Waals surface area contributed by atoms with E-state index in [1.807, 2.05) is 0 Å². The highest BCUT2D eigenvalue weighted by Crippen LogP contribution is 2.51. The van der Waals surface area contributed by atoms with Gasteiger partial charge < -0.3 is 9.32 Å². The van der Waals surface area contributed by atoms with E-state index in [2.05, 4.69) is 207 Å². The molecule has 0 bridgehead atoms. The summed E-state index contributed by atoms with van der Waals surface area (Å²) >= 11 is 0. The van der Waals surface area contributed by atoms with E-state index < -0.39 is 0 Å². The number of nitrogens with zero attached hydrogens (tertiary/aromatic N) is 1. The lowest BCUT2D eigenvalue weighted by atomic mass is 9.82. The fourth-order valence-corrected chi connectivity index (χ4v) is 9.91. The molecular weight excluding hydrogens is 691 g/mol. The van der Waals surface area contributed by atoms with Gasteiger partial charge in [0.15, 0.2) is 0 Å². The molecule has 0 unspecified atom stereocenters. The Morgan fingerprint density at radius 3 is 1.74 bits per heavy atom. The van der Waals surface area contributed by atoms with Gasteiger partial charge in [-0.3, -0.25) is 0 Å². The predicted octanol–water partition coefficient (Wildman–Crippen LogP) is 15.6. The van der Waals surface area contributed by atoms with Crippen molar-refractivity contribution in [3.63, 3.8) is 0 Å². The third-order valence-electron chi connectivity index (χ3n) is 12.6. The number of para-hydroxylation sites is 1. The van der Waals surface area contributed by atoms with Crippen LogP contribution in [0.1, 0.15) is 25.0 Å². The number of hydrogen-bond donors (Lipinski definition) is 0. The maximum atomic E-state index is 7.10. The van der Waals surface area contributed by atoms with Gasteiger partial charge in [0.2, 0.25) is 0 Å². The van der Waals surface area contributed by atoms with Crippen LogP contribution >= 0.6 is 0 Å². The smallest absolute Gasteiger partial charge is 0.143 e. The van der Waals surface area contributed by atoms with Gasteiger partial charge in [0, 0.05) is 44.9 Å². The van der Waals surface area contributed by atoms with Crippen LogP contribution in [0.4, 0.5) is 17.1 Å². The molecule has 11 aromatic rings. The summed E-state index contributed by atoms with van der Waals surface area (Å²) in [6.45, 7) is 4.69. The third kappa shape index (κ3) is 4.65. The van der Waals surface area contributed by atoms with E-state index in [1.165, 1.54) is 65.3 Å². The molecule has 0 amide bonds. The molecule has 0 N–H and O–H groups in total. The largest absolute Gasteiger partial charge is 0.455 e. The molecule has 10 aromatic carbocycles. The van der Waals surface area contributed by atoms with Crippen LogP contribution in [0, 0.1) is 0 Å². The highest BCUT2D eigenvalue weighted by Gasteiger charge is 2.35. The first-order valence-corrected chi connectivity index (χ1v) is 19.8. The Labute approximate surface area is 330 Å². The molecule has 12 rings (SSSR count). The highest BCUT2D eigenvalue weighted by atomic mass is 16.3. The van der Waals surface area contributed by atoms with E-state index >= 15 is 0 Å². The van der Waals surface area contributed by atoms with Crippen molar-refractivity contribution in [2.75, 3.05) is 4.90 Å². The monoisotopic (exact) mass is 727 g/mol. The van der Waals surface area contributed by atoms with Crippen LogP contribution in [-0.2, 0) is 5.41 Å². The lowest BCUT2D eigenvalue weighted by Gasteiger charge is -2.28. The first-order valence-electron chi connectivity index (χ1n) is 19.8. The minimum absolute atomic E-state index is 0.104. The van der Waals surface area contributed by atoms with Gasteiger partial charge in [0.1, 0.15) is 11.2 Å². The Balaban J connectivity index is 1.07. The summed E-state index contributed by atoms with van der Waals surface area (Å²) in [6.07, 6.45) is 0. The first-order chi connectivity index (χ1) is 28.0. The maximum absolute atomic E-state index is 7.10. The standard InChI is InChI=1S/C55H37NO/c1-55(2)50-23-13-12-22-45(50)46-28-25-37(32-51(46)55)56(36-15-4-3-5-16-36)38-26-29-47-49-30-34-14-6-7-17-39(34)53(54(49)57-52(47)33-38)35-24-27-44-42-20-9-8-18-40(42)41-19-10-11-21-43(41)48(44)31-35/h3-33H,1-2H3. The zero-order valence-corrected chi connectivity index (χ0v) is 31.8. The number of rotatable bonds is 4. The van der Waals surface area contributed by atoms with E-state index in [9.17, 15) is 0 Å². The molecule has 57 heavy (non-hydrogen) atoms. The van der Waals surface area contributed by atoms with Gasteiger partial charge in [0.25, 0.3) is 0 Å². The molecule has 0 spiro atoms. The SMILES string of the molecule is CC1(C)c2ccccc2-c2ccc(N(c3ccccc3)c3ccc4c(c3)oc3c(-c5ccc6c7ccccc7c7ccccc7c6c5)c5ccccc5cc34)cc21. The molecule has 0 saturated heterocycles. The normalized spacial score (nSPS) is 13.2. The molecule has 1 heterocycles. The van der Waals surface area contributed by atoms with Crippen LogP contribution in [0.5, 0.6) is 0 Å². The molecule has 1 aliphatic carbocycles. The van der Waals surface area contributed by atoms with E-state index in [-0.39, 0.29) is 5.41 Å². The topological polar surface area (TPSA) is 16.4 Å². The Kier molecular flexibility index (Phi) is 6.72. The zero-order chi connectivity index (χ0) is 37.8. The summed E-state index contributed by atoms with van der Waals surface area (Å²) in [5.74, 6) is 0. The molecule has 0 radical (unpaired) electrons. The minimum Gasteiger partial charge on any atom is -0.455 e. The number of furan rings is 1. The number of hydrogen-bond acceptors (Lipinski definition) is 2. The number of benzene rings is 10. The van der Waals surface area contributed by atoms with Gasteiger partial charge in [-0.15, -0.1) is 0 Å². The third-order valence-corrected chi connectivity index (χ3v) is 12.6. The summed E-state index contributed by atoms with van der Waals surface area (Å²) in [5, 5.41) is 12.2. The lowest BCUT2D eigenvalue weighted by molar-refractivity contribution is 0.660. The summed E-state index contributed by atoms with van der Waals surface area (Å²) in [6, 6.07) is 68.8. The summed E-state index contributed by atoms with van der Waals surface area (Å²) in [4.78, 5) is 2.36. The molecule has 0 saturated carbocycles. The van der Waals surface area contributed by atoms with Gasteiger partial charge >= 0.3 is 0 Å². The molecule has 2 nitrogen and oxygen atoms in total. The van der Waals surface area contributed by atoms with Crippen molar-refractivity contribution >= 4 is 82.1 Å². The maximum Gasteiger partial charge on any atom is 0.143 e. The van der Waals surface area contributed by atoms with Crippen molar-refractivity contribution in [2.45, 2.75) is 19.3 Å².